The summed E-state index contributed by atoms with van der Waals surface area (Å²) in [5, 5.41) is 0. The summed E-state index contributed by atoms with van der Waals surface area (Å²) >= 11 is 5.98. The summed E-state index contributed by atoms with van der Waals surface area (Å²) in [6.45, 7) is 2.21. The molecule has 0 aliphatic rings. The van der Waals surface area contributed by atoms with Gasteiger partial charge in [0, 0.05) is 5.88 Å². The predicted molar refractivity (Wildman–Crippen MR) is 73.1 cm³/mol. The number of benzene rings is 1. The van der Waals surface area contributed by atoms with Crippen LogP contribution in [0.3, 0.4) is 0 Å². The first-order valence-corrected chi connectivity index (χ1v) is 7.10. The second-order valence-electron chi connectivity index (χ2n) is 4.70. The van der Waals surface area contributed by atoms with Crippen LogP contribution in [0.15, 0.2) is 24.3 Å². The average Bonchev–Trinajstić information content (AvgIpc) is 2.33. The van der Waals surface area contributed by atoms with Crippen LogP contribution in [0.25, 0.3) is 0 Å². The van der Waals surface area contributed by atoms with Crippen molar-refractivity contribution in [1.82, 2.24) is 0 Å². The van der Waals surface area contributed by atoms with Gasteiger partial charge >= 0.3 is 0 Å². The molecule has 0 saturated heterocycles. The SMILES string of the molecule is CCCCCCC(CCl)Cc1cccc(F)c1. The molecule has 1 atom stereocenters. The molecule has 1 aromatic rings. The zero-order valence-electron chi connectivity index (χ0n) is 10.6. The lowest BCUT2D eigenvalue weighted by molar-refractivity contribution is 0.490. The Kier molecular flexibility index (Phi) is 7.27. The molecule has 0 N–H and O–H groups in total. The molecule has 0 amide bonds. The minimum Gasteiger partial charge on any atom is -0.207 e. The summed E-state index contributed by atoms with van der Waals surface area (Å²) in [6.07, 6.45) is 7.13. The van der Waals surface area contributed by atoms with Crippen molar-refractivity contribution in [2.24, 2.45) is 5.92 Å². The van der Waals surface area contributed by atoms with Crippen LogP contribution in [0.5, 0.6) is 0 Å². The predicted octanol–water partition coefficient (Wildman–Crippen LogP) is 5.19. The maximum atomic E-state index is 13.0. The molecular formula is C15H22ClF. The Balaban J connectivity index is 2.35. The van der Waals surface area contributed by atoms with Crippen LogP contribution in [0.1, 0.15) is 44.6 Å². The molecule has 1 rings (SSSR count). The fourth-order valence-electron chi connectivity index (χ4n) is 2.09. The van der Waals surface area contributed by atoms with Crippen molar-refractivity contribution < 1.29 is 4.39 Å². The molecule has 1 unspecified atom stereocenters. The maximum Gasteiger partial charge on any atom is 0.123 e. The third-order valence-electron chi connectivity index (χ3n) is 3.10. The van der Waals surface area contributed by atoms with Gasteiger partial charge in [-0.15, -0.1) is 11.6 Å². The fourth-order valence-corrected chi connectivity index (χ4v) is 2.35. The molecule has 96 valence electrons. The number of unbranched alkanes of at least 4 members (excludes halogenated alkanes) is 3. The maximum absolute atomic E-state index is 13.0. The van der Waals surface area contributed by atoms with Crippen LogP contribution in [0.4, 0.5) is 4.39 Å². The zero-order valence-corrected chi connectivity index (χ0v) is 11.3. The summed E-state index contributed by atoms with van der Waals surface area (Å²) in [7, 11) is 0. The highest BCUT2D eigenvalue weighted by atomic mass is 35.5. The lowest BCUT2D eigenvalue weighted by atomic mass is 9.95. The van der Waals surface area contributed by atoms with Gasteiger partial charge in [0.2, 0.25) is 0 Å². The highest BCUT2D eigenvalue weighted by molar-refractivity contribution is 6.18. The van der Waals surface area contributed by atoms with Gasteiger partial charge in [-0.05, 0) is 36.5 Å². The number of halogens is 2. The Hall–Kier alpha value is -0.560. The van der Waals surface area contributed by atoms with E-state index in [9.17, 15) is 4.39 Å². The Labute approximate surface area is 109 Å². The second kappa shape index (κ2) is 8.52. The molecule has 0 heterocycles. The van der Waals surface area contributed by atoms with E-state index < -0.39 is 0 Å². The van der Waals surface area contributed by atoms with Crippen molar-refractivity contribution in [3.05, 3.63) is 35.6 Å². The Morgan fingerprint density at radius 3 is 2.71 bits per heavy atom. The first-order valence-electron chi connectivity index (χ1n) is 6.56. The minimum atomic E-state index is -0.151. The quantitative estimate of drug-likeness (QED) is 0.443. The number of rotatable bonds is 8. The molecule has 0 fully saturated rings. The van der Waals surface area contributed by atoms with E-state index in [0.29, 0.717) is 11.8 Å². The molecule has 0 radical (unpaired) electrons. The summed E-state index contributed by atoms with van der Waals surface area (Å²) in [5.41, 5.74) is 1.06. The first-order chi connectivity index (χ1) is 8.26. The van der Waals surface area contributed by atoms with Crippen molar-refractivity contribution >= 4 is 11.6 Å². The van der Waals surface area contributed by atoms with Gasteiger partial charge in [-0.3, -0.25) is 0 Å². The summed E-state index contributed by atoms with van der Waals surface area (Å²) in [4.78, 5) is 0. The standard InChI is InChI=1S/C15H22ClF/c1-2-3-4-5-7-14(12-16)10-13-8-6-9-15(17)11-13/h6,8-9,11,14H,2-5,7,10,12H2,1H3. The number of hydrogen-bond donors (Lipinski definition) is 0. The largest absolute Gasteiger partial charge is 0.207 e. The Morgan fingerprint density at radius 1 is 1.24 bits per heavy atom. The summed E-state index contributed by atoms with van der Waals surface area (Å²) in [5.74, 6) is 1.000. The molecule has 0 aliphatic carbocycles. The summed E-state index contributed by atoms with van der Waals surface area (Å²) in [6, 6.07) is 6.85. The molecule has 0 bridgehead atoms. The van der Waals surface area contributed by atoms with E-state index >= 15 is 0 Å². The van der Waals surface area contributed by atoms with Gasteiger partial charge < -0.3 is 0 Å². The Bertz CT molecular complexity index is 312. The molecular weight excluding hydrogens is 235 g/mol. The Morgan fingerprint density at radius 2 is 2.06 bits per heavy atom. The lowest BCUT2D eigenvalue weighted by Gasteiger charge is -2.13. The average molecular weight is 257 g/mol. The van der Waals surface area contributed by atoms with E-state index in [1.165, 1.54) is 31.7 Å². The monoisotopic (exact) mass is 256 g/mol. The molecule has 17 heavy (non-hydrogen) atoms. The minimum absolute atomic E-state index is 0.151. The van der Waals surface area contributed by atoms with Crippen molar-refractivity contribution in [3.63, 3.8) is 0 Å². The normalized spacial score (nSPS) is 12.6. The van der Waals surface area contributed by atoms with Crippen LogP contribution in [-0.2, 0) is 6.42 Å². The van der Waals surface area contributed by atoms with E-state index in [-0.39, 0.29) is 5.82 Å². The number of hydrogen-bond acceptors (Lipinski definition) is 0. The molecule has 1 aromatic carbocycles. The molecule has 0 nitrogen and oxygen atoms in total. The first kappa shape index (κ1) is 14.5. The van der Waals surface area contributed by atoms with Crippen molar-refractivity contribution in [1.29, 1.82) is 0 Å². The van der Waals surface area contributed by atoms with E-state index in [1.54, 1.807) is 12.1 Å². The third kappa shape index (κ3) is 6.07. The highest BCUT2D eigenvalue weighted by Gasteiger charge is 2.08. The van der Waals surface area contributed by atoms with Crippen molar-refractivity contribution in [2.45, 2.75) is 45.4 Å². The fraction of sp³-hybridized carbons (Fsp3) is 0.600. The summed E-state index contributed by atoms with van der Waals surface area (Å²) < 4.78 is 13.0. The molecule has 0 aromatic heterocycles. The molecule has 2 heteroatoms. The highest BCUT2D eigenvalue weighted by Crippen LogP contribution is 2.18. The third-order valence-corrected chi connectivity index (χ3v) is 3.53. The van der Waals surface area contributed by atoms with Crippen LogP contribution >= 0.6 is 11.6 Å². The molecule has 0 saturated carbocycles. The smallest absolute Gasteiger partial charge is 0.123 e. The molecule has 0 spiro atoms. The second-order valence-corrected chi connectivity index (χ2v) is 5.01. The van der Waals surface area contributed by atoms with Gasteiger partial charge in [-0.25, -0.2) is 4.39 Å². The van der Waals surface area contributed by atoms with Gasteiger partial charge in [-0.2, -0.15) is 0 Å². The van der Waals surface area contributed by atoms with Crippen LogP contribution in [-0.4, -0.2) is 5.88 Å². The van der Waals surface area contributed by atoms with Crippen molar-refractivity contribution in [3.8, 4) is 0 Å². The van der Waals surface area contributed by atoms with Crippen LogP contribution in [0.2, 0.25) is 0 Å². The topological polar surface area (TPSA) is 0 Å². The van der Waals surface area contributed by atoms with Gasteiger partial charge in [0.25, 0.3) is 0 Å². The van der Waals surface area contributed by atoms with Gasteiger partial charge in [0.15, 0.2) is 0 Å². The van der Waals surface area contributed by atoms with Crippen LogP contribution in [0, 0.1) is 11.7 Å². The van der Waals surface area contributed by atoms with Gasteiger partial charge in [-0.1, -0.05) is 44.7 Å². The van der Waals surface area contributed by atoms with Crippen LogP contribution < -0.4 is 0 Å². The van der Waals surface area contributed by atoms with E-state index in [0.717, 1.165) is 18.4 Å². The van der Waals surface area contributed by atoms with Gasteiger partial charge in [0.1, 0.15) is 5.82 Å². The molecule has 0 aliphatic heterocycles. The zero-order chi connectivity index (χ0) is 12.5. The van der Waals surface area contributed by atoms with Crippen molar-refractivity contribution in [2.75, 3.05) is 5.88 Å². The van der Waals surface area contributed by atoms with Gasteiger partial charge in [0.05, 0.1) is 0 Å². The van der Waals surface area contributed by atoms with E-state index in [4.69, 9.17) is 11.6 Å². The number of alkyl halides is 1. The van der Waals surface area contributed by atoms with E-state index in [1.807, 2.05) is 6.07 Å². The van der Waals surface area contributed by atoms with E-state index in [2.05, 4.69) is 6.92 Å². The lowest BCUT2D eigenvalue weighted by Crippen LogP contribution is -2.06.